The molecule has 0 saturated carbocycles. The molecule has 1 unspecified atom stereocenters. The van der Waals surface area contributed by atoms with Crippen LogP contribution in [0.25, 0.3) is 0 Å². The fourth-order valence-electron chi connectivity index (χ4n) is 3.22. The summed E-state index contributed by atoms with van der Waals surface area (Å²) in [5.74, 6) is 2.96. The Balaban J connectivity index is 0.00000420. The molecule has 0 radical (unpaired) electrons. The van der Waals surface area contributed by atoms with E-state index in [2.05, 4.69) is 21.7 Å². The number of rotatable bonds is 10. The molecule has 0 aliphatic carbocycles. The third-order valence-electron chi connectivity index (χ3n) is 4.64. The predicted octanol–water partition coefficient (Wildman–Crippen LogP) is 2.63. The van der Waals surface area contributed by atoms with E-state index >= 15 is 0 Å². The van der Waals surface area contributed by atoms with Gasteiger partial charge in [-0.3, -0.25) is 4.99 Å². The number of hydrogen-bond donors (Lipinski definition) is 2. The number of sulfone groups is 1. The predicted molar refractivity (Wildman–Crippen MR) is 129 cm³/mol. The van der Waals surface area contributed by atoms with Crippen LogP contribution < -0.4 is 20.1 Å². The number of halogens is 1. The Labute approximate surface area is 192 Å². The number of ether oxygens (including phenoxy) is 2. The molecule has 1 aromatic carbocycles. The minimum Gasteiger partial charge on any atom is -0.493 e. The van der Waals surface area contributed by atoms with Gasteiger partial charge in [0, 0.05) is 19.6 Å². The zero-order valence-corrected chi connectivity index (χ0v) is 20.7. The van der Waals surface area contributed by atoms with Crippen LogP contribution >= 0.6 is 24.0 Å². The highest BCUT2D eigenvalue weighted by Crippen LogP contribution is 2.28. The molecule has 29 heavy (non-hydrogen) atoms. The summed E-state index contributed by atoms with van der Waals surface area (Å²) in [6.07, 6.45) is 2.57. The highest BCUT2D eigenvalue weighted by Gasteiger charge is 2.27. The molecule has 0 amide bonds. The molecule has 0 aromatic heterocycles. The van der Waals surface area contributed by atoms with Crippen molar-refractivity contribution in [3.05, 3.63) is 23.8 Å². The lowest BCUT2D eigenvalue weighted by atomic mass is 10.1. The molecule has 0 spiro atoms. The fourth-order valence-corrected chi connectivity index (χ4v) is 5.07. The van der Waals surface area contributed by atoms with E-state index in [1.165, 1.54) is 5.56 Å². The number of nitrogens with zero attached hydrogens (tertiary/aromatic N) is 1. The highest BCUT2D eigenvalue weighted by atomic mass is 127. The summed E-state index contributed by atoms with van der Waals surface area (Å²) in [6.45, 7) is 6.68. The summed E-state index contributed by atoms with van der Waals surface area (Å²) >= 11 is 0. The first-order valence-electron chi connectivity index (χ1n) is 9.99. The lowest BCUT2D eigenvalue weighted by Crippen LogP contribution is -2.38. The number of methoxy groups -OCH3 is 1. The highest BCUT2D eigenvalue weighted by molar-refractivity contribution is 14.0. The van der Waals surface area contributed by atoms with Crippen molar-refractivity contribution in [2.24, 2.45) is 10.9 Å². The maximum absolute atomic E-state index is 11.6. The zero-order valence-electron chi connectivity index (χ0n) is 17.6. The summed E-state index contributed by atoms with van der Waals surface area (Å²) in [5, 5.41) is 6.55. The van der Waals surface area contributed by atoms with Gasteiger partial charge < -0.3 is 20.1 Å². The lowest BCUT2D eigenvalue weighted by Gasteiger charge is -2.13. The summed E-state index contributed by atoms with van der Waals surface area (Å²) in [7, 11) is -1.21. The number of aliphatic imine (C=N–C) groups is 1. The molecule has 1 atom stereocenters. The number of aryl methyl sites for hydroxylation is 1. The van der Waals surface area contributed by atoms with Gasteiger partial charge in [-0.2, -0.15) is 0 Å². The first-order chi connectivity index (χ1) is 13.5. The average molecular weight is 539 g/mol. The Morgan fingerprint density at radius 1 is 1.24 bits per heavy atom. The molecule has 2 rings (SSSR count). The van der Waals surface area contributed by atoms with Gasteiger partial charge in [-0.05, 0) is 56.7 Å². The minimum atomic E-state index is -2.85. The van der Waals surface area contributed by atoms with Crippen LogP contribution in [0.3, 0.4) is 0 Å². The molecule has 1 heterocycles. The summed E-state index contributed by atoms with van der Waals surface area (Å²) in [5.41, 5.74) is 1.20. The van der Waals surface area contributed by atoms with E-state index in [1.54, 1.807) is 7.11 Å². The monoisotopic (exact) mass is 539 g/mol. The standard InChI is InChI=1S/C20H33N3O4S.HI/c1-4-21-20(23-14-17-10-12-28(24,25)15-17)22-11-6-7-16-8-9-18(26-3)19(13-16)27-5-2;/h8-9,13,17H,4-7,10-12,14-15H2,1-3H3,(H2,21,22,23);1H. The van der Waals surface area contributed by atoms with Crippen LogP contribution in [0.1, 0.15) is 32.3 Å². The van der Waals surface area contributed by atoms with Gasteiger partial charge in [0.05, 0.1) is 25.2 Å². The first-order valence-corrected chi connectivity index (χ1v) is 11.8. The SMILES string of the molecule is CCNC(=NCC1CCS(=O)(=O)C1)NCCCc1ccc(OC)c(OCC)c1.I. The smallest absolute Gasteiger partial charge is 0.191 e. The third kappa shape index (κ3) is 8.98. The van der Waals surface area contributed by atoms with Gasteiger partial charge in [0.25, 0.3) is 0 Å². The Bertz CT molecular complexity index is 756. The normalized spacial score (nSPS) is 18.0. The van der Waals surface area contributed by atoms with Gasteiger partial charge in [0.2, 0.25) is 0 Å². The molecular weight excluding hydrogens is 505 g/mol. The van der Waals surface area contributed by atoms with E-state index in [0.717, 1.165) is 43.4 Å². The molecule has 1 aliphatic rings. The van der Waals surface area contributed by atoms with Gasteiger partial charge in [0.15, 0.2) is 27.3 Å². The maximum atomic E-state index is 11.6. The second kappa shape index (κ2) is 13.1. The van der Waals surface area contributed by atoms with Crippen LogP contribution in [0.5, 0.6) is 11.5 Å². The van der Waals surface area contributed by atoms with E-state index < -0.39 is 9.84 Å². The number of guanidine groups is 1. The number of hydrogen-bond acceptors (Lipinski definition) is 5. The second-order valence-electron chi connectivity index (χ2n) is 6.94. The van der Waals surface area contributed by atoms with Gasteiger partial charge in [-0.15, -0.1) is 24.0 Å². The molecule has 1 fully saturated rings. The van der Waals surface area contributed by atoms with Crippen molar-refractivity contribution in [1.29, 1.82) is 0 Å². The Hall–Kier alpha value is -1.23. The minimum absolute atomic E-state index is 0. The molecule has 1 aromatic rings. The Kier molecular flexibility index (Phi) is 11.7. The molecule has 1 saturated heterocycles. The molecule has 2 N–H and O–H groups in total. The molecule has 0 bridgehead atoms. The Morgan fingerprint density at radius 2 is 2.03 bits per heavy atom. The number of nitrogens with one attached hydrogen (secondary N) is 2. The zero-order chi connectivity index (χ0) is 20.4. The van der Waals surface area contributed by atoms with Gasteiger partial charge in [0.1, 0.15) is 0 Å². The molecular formula is C20H34IN3O4S. The van der Waals surface area contributed by atoms with Crippen molar-refractivity contribution in [1.82, 2.24) is 10.6 Å². The van der Waals surface area contributed by atoms with Gasteiger partial charge in [-0.1, -0.05) is 6.07 Å². The van der Waals surface area contributed by atoms with Crippen molar-refractivity contribution in [3.63, 3.8) is 0 Å². The van der Waals surface area contributed by atoms with Crippen LogP contribution in [0.15, 0.2) is 23.2 Å². The van der Waals surface area contributed by atoms with Crippen molar-refractivity contribution >= 4 is 39.8 Å². The van der Waals surface area contributed by atoms with Gasteiger partial charge >= 0.3 is 0 Å². The van der Waals surface area contributed by atoms with Crippen LogP contribution in [0.2, 0.25) is 0 Å². The average Bonchev–Trinajstić information content (AvgIpc) is 3.02. The largest absolute Gasteiger partial charge is 0.493 e. The van der Waals surface area contributed by atoms with E-state index in [1.807, 2.05) is 26.0 Å². The van der Waals surface area contributed by atoms with E-state index in [4.69, 9.17) is 9.47 Å². The van der Waals surface area contributed by atoms with Crippen LogP contribution in [0, 0.1) is 5.92 Å². The number of benzene rings is 1. The summed E-state index contributed by atoms with van der Waals surface area (Å²) in [6, 6.07) is 6.03. The van der Waals surface area contributed by atoms with Crippen LogP contribution in [-0.2, 0) is 16.3 Å². The third-order valence-corrected chi connectivity index (χ3v) is 6.48. The molecule has 166 valence electrons. The van der Waals surface area contributed by atoms with Crippen molar-refractivity contribution in [3.8, 4) is 11.5 Å². The summed E-state index contributed by atoms with van der Waals surface area (Å²) < 4.78 is 34.1. The Morgan fingerprint density at radius 3 is 2.66 bits per heavy atom. The van der Waals surface area contributed by atoms with Crippen LogP contribution in [-0.4, -0.2) is 59.2 Å². The molecule has 9 heteroatoms. The first kappa shape index (κ1) is 25.8. The molecule has 1 aliphatic heterocycles. The molecule has 7 nitrogen and oxygen atoms in total. The van der Waals surface area contributed by atoms with Crippen molar-refractivity contribution < 1.29 is 17.9 Å². The van der Waals surface area contributed by atoms with E-state index in [9.17, 15) is 8.42 Å². The fraction of sp³-hybridized carbons (Fsp3) is 0.650. The maximum Gasteiger partial charge on any atom is 0.191 e. The van der Waals surface area contributed by atoms with E-state index in [0.29, 0.717) is 25.3 Å². The van der Waals surface area contributed by atoms with Crippen LogP contribution in [0.4, 0.5) is 0 Å². The quantitative estimate of drug-likeness (QED) is 0.206. The second-order valence-corrected chi connectivity index (χ2v) is 9.17. The topological polar surface area (TPSA) is 89.0 Å². The van der Waals surface area contributed by atoms with E-state index in [-0.39, 0.29) is 35.6 Å². The van der Waals surface area contributed by atoms with Crippen molar-refractivity contribution in [2.45, 2.75) is 33.1 Å². The summed E-state index contributed by atoms with van der Waals surface area (Å²) in [4.78, 5) is 4.56. The lowest BCUT2D eigenvalue weighted by molar-refractivity contribution is 0.310. The van der Waals surface area contributed by atoms with Crippen molar-refractivity contribution in [2.75, 3.05) is 44.9 Å². The van der Waals surface area contributed by atoms with Gasteiger partial charge in [-0.25, -0.2) is 8.42 Å².